The quantitative estimate of drug-likeness (QED) is 0.900. The predicted octanol–water partition coefficient (Wildman–Crippen LogP) is 1.76. The number of carbonyl (C=O) groups excluding carboxylic acids is 1. The van der Waals surface area contributed by atoms with Gasteiger partial charge in [0.05, 0.1) is 11.6 Å². The number of piperazine rings is 1. The van der Waals surface area contributed by atoms with Crippen molar-refractivity contribution in [1.29, 1.82) is 5.26 Å². The van der Waals surface area contributed by atoms with E-state index in [0.717, 1.165) is 0 Å². The summed E-state index contributed by atoms with van der Waals surface area (Å²) in [6.07, 6.45) is 0. The molecule has 0 aliphatic carbocycles. The van der Waals surface area contributed by atoms with Gasteiger partial charge in [-0.2, -0.15) is 5.26 Å². The molecule has 2 rings (SSSR count). The van der Waals surface area contributed by atoms with Gasteiger partial charge >= 0.3 is 0 Å². The first-order valence-corrected chi connectivity index (χ1v) is 7.11. The third-order valence-electron chi connectivity index (χ3n) is 4.10. The Hall–Kier alpha value is -2.06. The highest BCUT2D eigenvalue weighted by Gasteiger charge is 2.31. The largest absolute Gasteiger partial charge is 0.507 e. The maximum Gasteiger partial charge on any atom is 0.257 e. The van der Waals surface area contributed by atoms with Crippen molar-refractivity contribution < 1.29 is 9.90 Å². The number of nitrogens with zero attached hydrogens (tertiary/aromatic N) is 3. The number of phenolic OH excluding ortho intramolecular Hbond substituents is 1. The molecule has 0 radical (unpaired) electrons. The van der Waals surface area contributed by atoms with Crippen LogP contribution in [0, 0.1) is 18.3 Å². The molecule has 0 spiro atoms. The molecular weight excluding hydrogens is 266 g/mol. The minimum absolute atomic E-state index is 0.0577. The number of para-hydroxylation sites is 1. The lowest BCUT2D eigenvalue weighted by Crippen LogP contribution is -2.55. The molecule has 1 aliphatic rings. The summed E-state index contributed by atoms with van der Waals surface area (Å²) in [7, 11) is 0. The van der Waals surface area contributed by atoms with E-state index in [1.807, 2.05) is 13.8 Å². The van der Waals surface area contributed by atoms with Gasteiger partial charge in [0.1, 0.15) is 11.3 Å². The van der Waals surface area contributed by atoms with E-state index in [-0.39, 0.29) is 11.7 Å². The number of carbonyl (C=O) groups is 1. The van der Waals surface area contributed by atoms with Crippen molar-refractivity contribution in [2.75, 3.05) is 26.2 Å². The van der Waals surface area contributed by atoms with Crippen LogP contribution in [-0.4, -0.2) is 52.5 Å². The molecule has 0 atom stereocenters. The number of phenols is 1. The number of rotatable bonds is 2. The first-order valence-electron chi connectivity index (χ1n) is 7.11. The van der Waals surface area contributed by atoms with Crippen LogP contribution in [0.2, 0.25) is 0 Å². The molecule has 1 aliphatic heterocycles. The Balaban J connectivity index is 2.08. The number of aromatic hydroxyl groups is 1. The lowest BCUT2D eigenvalue weighted by molar-refractivity contribution is 0.0518. The van der Waals surface area contributed by atoms with Gasteiger partial charge in [0.25, 0.3) is 5.91 Å². The Bertz CT molecular complexity index is 582. The monoisotopic (exact) mass is 287 g/mol. The van der Waals surface area contributed by atoms with Crippen molar-refractivity contribution in [3.05, 3.63) is 29.3 Å². The Morgan fingerprint density at radius 3 is 2.48 bits per heavy atom. The maximum atomic E-state index is 12.5. The molecule has 1 saturated heterocycles. The highest BCUT2D eigenvalue weighted by molar-refractivity contribution is 5.97. The van der Waals surface area contributed by atoms with Crippen LogP contribution in [0.15, 0.2) is 18.2 Å². The first-order chi connectivity index (χ1) is 9.86. The minimum atomic E-state index is -0.513. The van der Waals surface area contributed by atoms with Crippen LogP contribution >= 0.6 is 0 Å². The SMILES string of the molecule is Cc1cccc(C(=O)N2CCN(C(C)(C)C#N)CC2)c1O. The van der Waals surface area contributed by atoms with Crippen LogP contribution in [0.25, 0.3) is 0 Å². The van der Waals surface area contributed by atoms with E-state index in [2.05, 4.69) is 11.0 Å². The van der Waals surface area contributed by atoms with Crippen LogP contribution in [0.4, 0.5) is 0 Å². The molecule has 21 heavy (non-hydrogen) atoms. The summed E-state index contributed by atoms with van der Waals surface area (Å²) in [5, 5.41) is 19.2. The van der Waals surface area contributed by atoms with E-state index in [1.54, 1.807) is 30.0 Å². The highest BCUT2D eigenvalue weighted by atomic mass is 16.3. The molecule has 112 valence electrons. The van der Waals surface area contributed by atoms with Crippen molar-refractivity contribution in [1.82, 2.24) is 9.80 Å². The van der Waals surface area contributed by atoms with Crippen LogP contribution < -0.4 is 0 Å². The predicted molar refractivity (Wildman–Crippen MR) is 80.0 cm³/mol. The first kappa shape index (κ1) is 15.3. The standard InChI is InChI=1S/C16H21N3O2/c1-12-5-4-6-13(14(12)20)15(21)18-7-9-19(10-8-18)16(2,3)11-17/h4-6,20H,7-10H2,1-3H3. The van der Waals surface area contributed by atoms with Crippen LogP contribution in [0.5, 0.6) is 5.75 Å². The highest BCUT2D eigenvalue weighted by Crippen LogP contribution is 2.24. The number of aryl methyl sites for hydroxylation is 1. The zero-order valence-electron chi connectivity index (χ0n) is 12.8. The van der Waals surface area contributed by atoms with Crippen molar-refractivity contribution >= 4 is 5.91 Å². The molecule has 0 aromatic heterocycles. The summed E-state index contributed by atoms with van der Waals surface area (Å²) in [6.45, 7) is 8.01. The molecule has 1 aromatic rings. The maximum absolute atomic E-state index is 12.5. The summed E-state index contributed by atoms with van der Waals surface area (Å²) >= 11 is 0. The number of amides is 1. The van der Waals surface area contributed by atoms with E-state index >= 15 is 0 Å². The van der Waals surface area contributed by atoms with Crippen molar-refractivity contribution in [2.24, 2.45) is 0 Å². The molecule has 0 unspecified atom stereocenters. The van der Waals surface area contributed by atoms with Gasteiger partial charge in [-0.25, -0.2) is 0 Å². The average molecular weight is 287 g/mol. The van der Waals surface area contributed by atoms with E-state index in [9.17, 15) is 9.90 Å². The Morgan fingerprint density at radius 2 is 1.90 bits per heavy atom. The zero-order chi connectivity index (χ0) is 15.6. The van der Waals surface area contributed by atoms with Gasteiger partial charge < -0.3 is 10.0 Å². The number of hydrogen-bond donors (Lipinski definition) is 1. The summed E-state index contributed by atoms with van der Waals surface area (Å²) in [5.74, 6) is -0.0899. The van der Waals surface area contributed by atoms with Crippen LogP contribution in [-0.2, 0) is 0 Å². The fourth-order valence-corrected chi connectivity index (χ4v) is 2.54. The van der Waals surface area contributed by atoms with Gasteiger partial charge in [-0.1, -0.05) is 12.1 Å². The van der Waals surface area contributed by atoms with Gasteiger partial charge in [0.2, 0.25) is 0 Å². The van der Waals surface area contributed by atoms with Gasteiger partial charge in [-0.05, 0) is 32.4 Å². The fraction of sp³-hybridized carbons (Fsp3) is 0.500. The summed E-state index contributed by atoms with van der Waals surface area (Å²) in [6, 6.07) is 7.49. The molecule has 5 heteroatoms. The molecule has 1 aromatic carbocycles. The summed E-state index contributed by atoms with van der Waals surface area (Å²) < 4.78 is 0. The normalized spacial score (nSPS) is 16.6. The second-order valence-corrected chi connectivity index (χ2v) is 5.92. The topological polar surface area (TPSA) is 67.6 Å². The Morgan fingerprint density at radius 1 is 1.29 bits per heavy atom. The summed E-state index contributed by atoms with van der Waals surface area (Å²) in [5.41, 5.74) is 0.536. The average Bonchev–Trinajstić information content (AvgIpc) is 2.49. The third-order valence-corrected chi connectivity index (χ3v) is 4.10. The molecule has 1 heterocycles. The Labute approximate surface area is 125 Å². The second-order valence-electron chi connectivity index (χ2n) is 5.92. The molecule has 1 amide bonds. The molecular formula is C16H21N3O2. The van der Waals surface area contributed by atoms with E-state index in [1.165, 1.54) is 0 Å². The molecule has 5 nitrogen and oxygen atoms in total. The lowest BCUT2D eigenvalue weighted by Gasteiger charge is -2.40. The zero-order valence-corrected chi connectivity index (χ0v) is 12.8. The summed E-state index contributed by atoms with van der Waals surface area (Å²) in [4.78, 5) is 16.3. The van der Waals surface area contributed by atoms with Gasteiger partial charge in [0, 0.05) is 26.2 Å². The molecule has 0 bridgehead atoms. The van der Waals surface area contributed by atoms with E-state index in [4.69, 9.17) is 5.26 Å². The number of hydrogen-bond acceptors (Lipinski definition) is 4. The number of benzene rings is 1. The Kier molecular flexibility index (Phi) is 4.19. The smallest absolute Gasteiger partial charge is 0.257 e. The number of nitriles is 1. The molecule has 0 saturated carbocycles. The van der Waals surface area contributed by atoms with Gasteiger partial charge in [-0.15, -0.1) is 0 Å². The van der Waals surface area contributed by atoms with Crippen LogP contribution in [0.3, 0.4) is 0 Å². The second kappa shape index (κ2) is 5.74. The van der Waals surface area contributed by atoms with Crippen molar-refractivity contribution in [3.8, 4) is 11.8 Å². The fourth-order valence-electron chi connectivity index (χ4n) is 2.54. The van der Waals surface area contributed by atoms with Crippen LogP contribution in [0.1, 0.15) is 29.8 Å². The third kappa shape index (κ3) is 3.01. The molecule has 1 fully saturated rings. The lowest BCUT2D eigenvalue weighted by atomic mass is 10.0. The van der Waals surface area contributed by atoms with Crippen molar-refractivity contribution in [3.63, 3.8) is 0 Å². The minimum Gasteiger partial charge on any atom is -0.507 e. The van der Waals surface area contributed by atoms with Crippen molar-refractivity contribution in [2.45, 2.75) is 26.3 Å². The molecule has 1 N–H and O–H groups in total. The van der Waals surface area contributed by atoms with E-state index < -0.39 is 5.54 Å². The van der Waals surface area contributed by atoms with Gasteiger partial charge in [0.15, 0.2) is 0 Å². The van der Waals surface area contributed by atoms with Gasteiger partial charge in [-0.3, -0.25) is 9.69 Å². The van der Waals surface area contributed by atoms with E-state index in [0.29, 0.717) is 37.3 Å².